The molecule has 0 aromatic carbocycles. The Morgan fingerprint density at radius 1 is 2.00 bits per heavy atom. The van der Waals surface area contributed by atoms with Crippen LogP contribution < -0.4 is 0 Å². The van der Waals surface area contributed by atoms with Crippen LogP contribution in [-0.2, 0) is 9.09 Å². The molecule has 0 amide bonds. The summed E-state index contributed by atoms with van der Waals surface area (Å²) in [5.74, 6) is -0.318. The monoisotopic (exact) mass is 177 g/mol. The van der Waals surface area contributed by atoms with Gasteiger partial charge in [-0.15, -0.1) is 11.6 Å². The van der Waals surface area contributed by atoms with Crippen LogP contribution in [0.1, 0.15) is 0 Å². The molecule has 2 atom stereocenters. The van der Waals surface area contributed by atoms with Gasteiger partial charge in [-0.25, -0.2) is 4.39 Å². The predicted molar refractivity (Wildman–Crippen MR) is 33.3 cm³/mol. The van der Waals surface area contributed by atoms with Gasteiger partial charge in [-0.3, -0.25) is 0 Å². The third-order valence-corrected chi connectivity index (χ3v) is 1.26. The Balaban J connectivity index is 3.24. The molecule has 8 heavy (non-hydrogen) atoms. The van der Waals surface area contributed by atoms with Crippen LogP contribution in [-0.4, -0.2) is 12.2 Å². The van der Waals surface area contributed by atoms with E-state index >= 15 is 0 Å². The number of rotatable bonds is 3. The third-order valence-electron chi connectivity index (χ3n) is 0.326. The third kappa shape index (κ3) is 4.78. The number of halogens is 2. The topological polar surface area (TPSA) is 26.3 Å². The van der Waals surface area contributed by atoms with Crippen molar-refractivity contribution >= 4 is 31.1 Å². The molecule has 0 N–H and O–H groups in total. The smallest absolute Gasteiger partial charge is 0.210 e. The lowest BCUT2D eigenvalue weighted by molar-refractivity contribution is 0.103. The summed E-state index contributed by atoms with van der Waals surface area (Å²) in [7, 11) is -2.16. The second-order valence-corrected chi connectivity index (χ2v) is 2.88. The molecule has 0 aliphatic heterocycles. The molecule has 0 rings (SSSR count). The van der Waals surface area contributed by atoms with Crippen LogP contribution in [0.25, 0.3) is 0 Å². The van der Waals surface area contributed by atoms with E-state index in [-0.39, 0.29) is 5.88 Å². The maximum atomic E-state index is 11.8. The number of alkyl halides is 2. The van der Waals surface area contributed by atoms with Crippen LogP contribution in [0.4, 0.5) is 4.39 Å². The van der Waals surface area contributed by atoms with Gasteiger partial charge in [0, 0.05) is 0 Å². The molecule has 48 valence electrons. The Kier molecular flexibility index (Phi) is 4.86. The summed E-state index contributed by atoms with van der Waals surface area (Å²) in [4.78, 5) is 0. The highest BCUT2D eigenvalue weighted by molar-refractivity contribution is 8.39. The average Bonchev–Trinajstić information content (AvgIpc) is 1.65. The van der Waals surface area contributed by atoms with Crippen molar-refractivity contribution in [2.24, 2.45) is 0 Å². The molecule has 0 radical (unpaired) electrons. The zero-order valence-corrected chi connectivity index (χ0v) is 6.30. The largest absolute Gasteiger partial charge is 0.585 e. The molecule has 0 saturated carbocycles. The molecule has 6 heteroatoms. The number of thiol groups is 1. The molecule has 0 fully saturated rings. The van der Waals surface area contributed by atoms with Crippen LogP contribution in [0, 0.1) is 0 Å². The van der Waals surface area contributed by atoms with Gasteiger partial charge in [0.2, 0.25) is 0 Å². The van der Waals surface area contributed by atoms with Crippen LogP contribution in [0.5, 0.6) is 0 Å². The van der Waals surface area contributed by atoms with Gasteiger partial charge in [0.05, 0.1) is 5.88 Å². The van der Waals surface area contributed by atoms with Crippen LogP contribution in [0.2, 0.25) is 0 Å². The average molecular weight is 178 g/mol. The standard InChI is InChI=1S/C2H3ClFO2PS/c3-1-2(4)6-7(5)8/h2H,1H2/p+1. The van der Waals surface area contributed by atoms with Gasteiger partial charge in [-0.2, -0.15) is 0 Å². The minimum absolute atomic E-state index is 0.318. The van der Waals surface area contributed by atoms with Crippen molar-refractivity contribution in [2.75, 3.05) is 5.88 Å². The van der Waals surface area contributed by atoms with E-state index < -0.39 is 13.6 Å². The Labute approximate surface area is 57.4 Å². The normalized spacial score (nSPS) is 15.6. The van der Waals surface area contributed by atoms with Crippen LogP contribution in [0.3, 0.4) is 0 Å². The fraction of sp³-hybridized carbons (Fsp3) is 1.00. The zero-order chi connectivity index (χ0) is 6.57. The molecule has 0 aromatic rings. The first-order valence-corrected chi connectivity index (χ1v) is 4.56. The highest BCUT2D eigenvalue weighted by Gasteiger charge is 2.18. The second kappa shape index (κ2) is 4.50. The van der Waals surface area contributed by atoms with E-state index in [0.29, 0.717) is 0 Å². The molecule has 0 spiro atoms. The Hall–Kier alpha value is 0.630. The fourth-order valence-corrected chi connectivity index (χ4v) is 0.854. The van der Waals surface area contributed by atoms with Crippen molar-refractivity contribution in [3.8, 4) is 0 Å². The quantitative estimate of drug-likeness (QED) is 0.406. The second-order valence-electron chi connectivity index (χ2n) is 0.908. The van der Waals surface area contributed by atoms with E-state index in [0.717, 1.165) is 0 Å². The molecule has 0 aliphatic carbocycles. The minimum Gasteiger partial charge on any atom is -0.210 e. The first-order valence-electron chi connectivity index (χ1n) is 1.69. The molecular weight excluding hydrogens is 174 g/mol. The van der Waals surface area contributed by atoms with Gasteiger partial charge in [0.1, 0.15) is 12.2 Å². The highest BCUT2D eigenvalue weighted by Crippen LogP contribution is 2.29. The summed E-state index contributed by atoms with van der Waals surface area (Å²) >= 11 is 8.21. The van der Waals surface area contributed by atoms with E-state index in [1.807, 2.05) is 0 Å². The van der Waals surface area contributed by atoms with Crippen molar-refractivity contribution < 1.29 is 13.5 Å². The summed E-state index contributed by atoms with van der Waals surface area (Å²) in [6, 6.07) is 0. The highest BCUT2D eigenvalue weighted by atomic mass is 35.5. The van der Waals surface area contributed by atoms with Crippen molar-refractivity contribution in [3.05, 3.63) is 0 Å². The SMILES string of the molecule is O=[P+](S)OC(F)CCl. The lowest BCUT2D eigenvalue weighted by atomic mass is 10.8. The van der Waals surface area contributed by atoms with Gasteiger partial charge in [0.25, 0.3) is 6.36 Å². The summed E-state index contributed by atoms with van der Waals surface area (Å²) in [5.41, 5.74) is 0. The molecule has 0 bridgehead atoms. The molecule has 2 unspecified atom stereocenters. The Bertz CT molecular complexity index is 92.1. The van der Waals surface area contributed by atoms with Gasteiger partial charge in [-0.1, -0.05) is 4.52 Å². The summed E-state index contributed by atoms with van der Waals surface area (Å²) < 4.78 is 25.7. The van der Waals surface area contributed by atoms with Gasteiger partial charge >= 0.3 is 7.23 Å². The molecule has 0 aromatic heterocycles. The zero-order valence-electron chi connectivity index (χ0n) is 3.75. The lowest BCUT2D eigenvalue weighted by Gasteiger charge is -1.88. The molecule has 0 heterocycles. The van der Waals surface area contributed by atoms with E-state index in [9.17, 15) is 8.96 Å². The van der Waals surface area contributed by atoms with Gasteiger partial charge in [0.15, 0.2) is 0 Å². The molecular formula is C2H4ClFO2PS+. The first kappa shape index (κ1) is 8.63. The maximum absolute atomic E-state index is 11.8. The van der Waals surface area contributed by atoms with Crippen LogP contribution in [0.15, 0.2) is 0 Å². The van der Waals surface area contributed by atoms with Crippen molar-refractivity contribution in [3.63, 3.8) is 0 Å². The lowest BCUT2D eigenvalue weighted by Crippen LogP contribution is -2.00. The minimum atomic E-state index is -2.16. The fourth-order valence-electron chi connectivity index (χ4n) is 0.126. The number of hydrogen-bond donors (Lipinski definition) is 1. The van der Waals surface area contributed by atoms with Gasteiger partial charge < -0.3 is 0 Å². The van der Waals surface area contributed by atoms with E-state index in [2.05, 4.69) is 16.8 Å². The Morgan fingerprint density at radius 3 is 2.62 bits per heavy atom. The Morgan fingerprint density at radius 2 is 2.50 bits per heavy atom. The van der Waals surface area contributed by atoms with E-state index in [4.69, 9.17) is 11.6 Å². The van der Waals surface area contributed by atoms with Crippen LogP contribution >= 0.6 is 31.1 Å². The summed E-state index contributed by atoms with van der Waals surface area (Å²) in [6.07, 6.45) is -1.67. The summed E-state index contributed by atoms with van der Waals surface area (Å²) in [5, 5.41) is 0. The molecule has 0 aliphatic rings. The maximum Gasteiger partial charge on any atom is 0.585 e. The predicted octanol–water partition coefficient (Wildman–Crippen LogP) is 2.12. The number of hydrogen-bond acceptors (Lipinski definition) is 2. The summed E-state index contributed by atoms with van der Waals surface area (Å²) in [6.45, 7) is 0. The van der Waals surface area contributed by atoms with Crippen molar-refractivity contribution in [1.29, 1.82) is 0 Å². The van der Waals surface area contributed by atoms with Crippen molar-refractivity contribution in [1.82, 2.24) is 0 Å². The first-order chi connectivity index (χ1) is 3.66. The van der Waals surface area contributed by atoms with Gasteiger partial charge in [-0.05, 0) is 4.57 Å². The molecule has 2 nitrogen and oxygen atoms in total. The van der Waals surface area contributed by atoms with Crippen molar-refractivity contribution in [2.45, 2.75) is 6.36 Å². The van der Waals surface area contributed by atoms with E-state index in [1.165, 1.54) is 0 Å². The van der Waals surface area contributed by atoms with E-state index in [1.54, 1.807) is 0 Å². The molecule has 0 saturated heterocycles.